The van der Waals surface area contributed by atoms with E-state index in [0.29, 0.717) is 0 Å². The van der Waals surface area contributed by atoms with Gasteiger partial charge in [0.25, 0.3) is 0 Å². The second-order valence-electron chi connectivity index (χ2n) is 18.0. The van der Waals surface area contributed by atoms with Gasteiger partial charge in [-0.25, -0.2) is 0 Å². The van der Waals surface area contributed by atoms with Crippen LogP contribution in [0.2, 0.25) is 0 Å². The number of anilines is 3. The topological polar surface area (TPSA) is 16.4 Å². The minimum atomic E-state index is -0.339. The lowest BCUT2D eigenvalue weighted by Crippen LogP contribution is -2.22. The summed E-state index contributed by atoms with van der Waals surface area (Å²) in [6.45, 7) is 2.40. The van der Waals surface area contributed by atoms with Gasteiger partial charge in [-0.2, -0.15) is 0 Å². The molecule has 0 amide bonds. The highest BCUT2D eigenvalue weighted by atomic mass is 16.3. The highest BCUT2D eigenvalue weighted by Crippen LogP contribution is 2.57. The minimum Gasteiger partial charge on any atom is -0.456 e. The van der Waals surface area contributed by atoms with Crippen LogP contribution in [0.1, 0.15) is 23.6 Å². The van der Waals surface area contributed by atoms with Crippen molar-refractivity contribution in [2.24, 2.45) is 0 Å². The molecule has 1 atom stereocenters. The van der Waals surface area contributed by atoms with Crippen molar-refractivity contribution < 1.29 is 4.42 Å². The predicted molar refractivity (Wildman–Crippen MR) is 285 cm³/mol. The van der Waals surface area contributed by atoms with Gasteiger partial charge in [0.2, 0.25) is 0 Å². The van der Waals surface area contributed by atoms with E-state index in [-0.39, 0.29) is 5.41 Å². The molecule has 2 heteroatoms. The van der Waals surface area contributed by atoms with Crippen LogP contribution < -0.4 is 4.90 Å². The standard InChI is InChI=1S/C66H45NO/c1-66(46-26-6-3-7-27-46)56-37-13-8-31-54(56)64-52(35-20-38-57(64)66)49-29-10-15-40-59(49)67(60-41-16-11-30-50(60)53-36-21-43-62-65(53)55-32-12-17-42-61(55)68-62)58-39-14-9-28-48(58)51-34-19-25-45-24-18-33-47(63(45)51)44-22-4-2-5-23-44/h2-43H,1H3. The minimum absolute atomic E-state index is 0.339. The van der Waals surface area contributed by atoms with Crippen LogP contribution in [0.3, 0.4) is 0 Å². The molecule has 1 unspecified atom stereocenters. The van der Waals surface area contributed by atoms with E-state index in [4.69, 9.17) is 4.42 Å². The van der Waals surface area contributed by atoms with Gasteiger partial charge in [-0.15, -0.1) is 0 Å². The third-order valence-electron chi connectivity index (χ3n) is 14.4. The molecule has 0 N–H and O–H groups in total. The van der Waals surface area contributed by atoms with Gasteiger partial charge >= 0.3 is 0 Å². The number of para-hydroxylation sites is 4. The lowest BCUT2D eigenvalue weighted by atomic mass is 9.74. The van der Waals surface area contributed by atoms with E-state index in [0.717, 1.165) is 61.3 Å². The molecular weight excluding hydrogens is 823 g/mol. The van der Waals surface area contributed by atoms with Crippen LogP contribution in [-0.4, -0.2) is 0 Å². The average molecular weight is 868 g/mol. The zero-order chi connectivity index (χ0) is 45.2. The maximum absolute atomic E-state index is 6.53. The average Bonchev–Trinajstić information content (AvgIpc) is 3.93. The van der Waals surface area contributed by atoms with E-state index >= 15 is 0 Å². The monoisotopic (exact) mass is 867 g/mol. The molecule has 0 spiro atoms. The summed E-state index contributed by atoms with van der Waals surface area (Å²) < 4.78 is 6.53. The SMILES string of the molecule is CC1(c2ccccc2)c2ccccc2-c2c(-c3ccccc3N(c3ccccc3-c3cccc4cccc(-c5ccccc5)c34)c3ccccc3-c3cccc4oc5ccccc5c34)cccc21. The van der Waals surface area contributed by atoms with Crippen molar-refractivity contribution >= 4 is 49.8 Å². The van der Waals surface area contributed by atoms with Gasteiger partial charge in [0.1, 0.15) is 11.2 Å². The van der Waals surface area contributed by atoms with Crippen molar-refractivity contribution in [1.82, 2.24) is 0 Å². The molecule has 1 heterocycles. The quantitative estimate of drug-likeness (QED) is 0.151. The Bertz CT molecular complexity index is 3880. The molecular formula is C66H45NO. The molecule has 0 saturated carbocycles. The van der Waals surface area contributed by atoms with Gasteiger partial charge in [0.05, 0.1) is 17.1 Å². The fourth-order valence-corrected chi connectivity index (χ4v) is 11.3. The first-order valence-electron chi connectivity index (χ1n) is 23.5. The summed E-state index contributed by atoms with van der Waals surface area (Å²) in [5.74, 6) is 0. The molecule has 2 nitrogen and oxygen atoms in total. The van der Waals surface area contributed by atoms with Crippen LogP contribution in [0.15, 0.2) is 259 Å². The Morgan fingerprint density at radius 2 is 0.779 bits per heavy atom. The van der Waals surface area contributed by atoms with E-state index < -0.39 is 0 Å². The predicted octanol–water partition coefficient (Wildman–Crippen LogP) is 18.2. The zero-order valence-corrected chi connectivity index (χ0v) is 37.6. The fourth-order valence-electron chi connectivity index (χ4n) is 11.3. The Morgan fingerprint density at radius 1 is 0.324 bits per heavy atom. The van der Waals surface area contributed by atoms with Crippen LogP contribution in [-0.2, 0) is 5.41 Å². The summed E-state index contributed by atoms with van der Waals surface area (Å²) in [4.78, 5) is 2.53. The molecule has 0 bridgehead atoms. The number of rotatable bonds is 8. The molecule has 0 fully saturated rings. The first kappa shape index (κ1) is 39.6. The maximum atomic E-state index is 6.53. The number of hydrogen-bond donors (Lipinski definition) is 0. The van der Waals surface area contributed by atoms with Crippen LogP contribution >= 0.6 is 0 Å². The lowest BCUT2D eigenvalue weighted by molar-refractivity contribution is 0.669. The number of benzene rings is 11. The molecule has 0 aliphatic heterocycles. The summed E-state index contributed by atoms with van der Waals surface area (Å²) in [7, 11) is 0. The second-order valence-corrected chi connectivity index (χ2v) is 18.0. The fraction of sp³-hybridized carbons (Fsp3) is 0.0303. The normalized spacial score (nSPS) is 14.0. The molecule has 1 aromatic heterocycles. The van der Waals surface area contributed by atoms with E-state index in [1.165, 1.54) is 60.8 Å². The van der Waals surface area contributed by atoms with Gasteiger partial charge in [0.15, 0.2) is 0 Å². The molecule has 1 aliphatic carbocycles. The van der Waals surface area contributed by atoms with Gasteiger partial charge < -0.3 is 9.32 Å². The molecule has 0 radical (unpaired) electrons. The zero-order valence-electron chi connectivity index (χ0n) is 37.6. The summed E-state index contributed by atoms with van der Waals surface area (Å²) in [6.07, 6.45) is 0. The van der Waals surface area contributed by atoms with Gasteiger partial charge in [-0.1, -0.05) is 224 Å². The Morgan fingerprint density at radius 3 is 1.47 bits per heavy atom. The smallest absolute Gasteiger partial charge is 0.136 e. The second kappa shape index (κ2) is 16.0. The third kappa shape index (κ3) is 6.11. The molecule has 0 saturated heterocycles. The summed E-state index contributed by atoms with van der Waals surface area (Å²) >= 11 is 0. The summed E-state index contributed by atoms with van der Waals surface area (Å²) in [5.41, 5.74) is 20.4. The molecule has 320 valence electrons. The Hall–Kier alpha value is -8.72. The van der Waals surface area contributed by atoms with E-state index in [1.807, 2.05) is 6.07 Å². The molecule has 12 aromatic rings. The van der Waals surface area contributed by atoms with Gasteiger partial charge in [-0.3, -0.25) is 0 Å². The number of hydrogen-bond acceptors (Lipinski definition) is 2. The van der Waals surface area contributed by atoms with Gasteiger partial charge in [0, 0.05) is 32.9 Å². The first-order chi connectivity index (χ1) is 33.7. The van der Waals surface area contributed by atoms with Crippen molar-refractivity contribution in [3.8, 4) is 55.6 Å². The summed E-state index contributed by atoms with van der Waals surface area (Å²) in [6, 6.07) is 92.9. The van der Waals surface area contributed by atoms with Crippen molar-refractivity contribution in [3.63, 3.8) is 0 Å². The largest absolute Gasteiger partial charge is 0.456 e. The molecule has 13 rings (SSSR count). The molecule has 11 aromatic carbocycles. The van der Waals surface area contributed by atoms with Crippen molar-refractivity contribution in [2.75, 3.05) is 4.90 Å². The highest BCUT2D eigenvalue weighted by molar-refractivity contribution is 6.15. The van der Waals surface area contributed by atoms with Crippen molar-refractivity contribution in [1.29, 1.82) is 0 Å². The van der Waals surface area contributed by atoms with Crippen LogP contribution in [0.25, 0.3) is 88.3 Å². The number of fused-ring (bicyclic) bond motifs is 7. The van der Waals surface area contributed by atoms with Crippen LogP contribution in [0, 0.1) is 0 Å². The number of nitrogens with zero attached hydrogens (tertiary/aromatic N) is 1. The Balaban J connectivity index is 1.11. The Labute approximate surface area is 396 Å². The highest BCUT2D eigenvalue weighted by Gasteiger charge is 2.42. The van der Waals surface area contributed by atoms with Crippen molar-refractivity contribution in [3.05, 3.63) is 271 Å². The maximum Gasteiger partial charge on any atom is 0.136 e. The Kier molecular flexibility index (Phi) is 9.33. The lowest BCUT2D eigenvalue weighted by Gasteiger charge is -2.32. The molecule has 68 heavy (non-hydrogen) atoms. The van der Waals surface area contributed by atoms with Crippen molar-refractivity contribution in [2.45, 2.75) is 12.3 Å². The van der Waals surface area contributed by atoms with Crippen LogP contribution in [0.4, 0.5) is 17.1 Å². The van der Waals surface area contributed by atoms with E-state index in [1.54, 1.807) is 0 Å². The van der Waals surface area contributed by atoms with Crippen LogP contribution in [0.5, 0.6) is 0 Å². The van der Waals surface area contributed by atoms with E-state index in [9.17, 15) is 0 Å². The molecule has 1 aliphatic rings. The first-order valence-corrected chi connectivity index (χ1v) is 23.5. The van der Waals surface area contributed by atoms with E-state index in [2.05, 4.69) is 261 Å². The number of furan rings is 1. The third-order valence-corrected chi connectivity index (χ3v) is 14.4. The van der Waals surface area contributed by atoms with Gasteiger partial charge in [-0.05, 0) is 104 Å². The summed E-state index contributed by atoms with van der Waals surface area (Å²) in [5, 5.41) is 4.63.